The van der Waals surface area contributed by atoms with Gasteiger partial charge in [0.15, 0.2) is 11.5 Å². The highest BCUT2D eigenvalue weighted by molar-refractivity contribution is 5.85. The van der Waals surface area contributed by atoms with Gasteiger partial charge in [-0.15, -0.1) is 12.4 Å². The zero-order chi connectivity index (χ0) is 16.9. The molecule has 4 nitrogen and oxygen atoms in total. The zero-order valence-electron chi connectivity index (χ0n) is 14.4. The van der Waals surface area contributed by atoms with E-state index >= 15 is 0 Å². The summed E-state index contributed by atoms with van der Waals surface area (Å²) in [6.07, 6.45) is 0. The maximum Gasteiger partial charge on any atom is 0.161 e. The first-order valence-electron chi connectivity index (χ1n) is 7.69. The van der Waals surface area contributed by atoms with Crippen molar-refractivity contribution >= 4 is 12.4 Å². The second kappa shape index (κ2) is 8.92. The van der Waals surface area contributed by atoms with Gasteiger partial charge in [0.05, 0.1) is 7.11 Å². The van der Waals surface area contributed by atoms with Crippen LogP contribution in [0.2, 0.25) is 0 Å². The lowest BCUT2D eigenvalue weighted by Gasteiger charge is -2.30. The minimum Gasteiger partial charge on any atom is -0.493 e. The predicted molar refractivity (Wildman–Crippen MR) is 98.8 cm³/mol. The third kappa shape index (κ3) is 4.87. The fraction of sp³-hybridized carbons (Fsp3) is 0.368. The van der Waals surface area contributed by atoms with Crippen LogP contribution in [0, 0.1) is 5.41 Å². The van der Waals surface area contributed by atoms with E-state index in [0.29, 0.717) is 18.1 Å². The maximum absolute atomic E-state index is 9.51. The van der Waals surface area contributed by atoms with Gasteiger partial charge < -0.3 is 20.3 Å². The summed E-state index contributed by atoms with van der Waals surface area (Å²) in [7, 11) is 1.61. The van der Waals surface area contributed by atoms with E-state index in [1.807, 2.05) is 62.4 Å². The minimum absolute atomic E-state index is 0. The van der Waals surface area contributed by atoms with Gasteiger partial charge >= 0.3 is 0 Å². The number of nitrogens with two attached hydrogens (primary N) is 1. The van der Waals surface area contributed by atoms with Crippen molar-refractivity contribution < 1.29 is 14.6 Å². The van der Waals surface area contributed by atoms with Crippen molar-refractivity contribution in [2.75, 3.05) is 13.7 Å². The van der Waals surface area contributed by atoms with Gasteiger partial charge in [0.25, 0.3) is 0 Å². The van der Waals surface area contributed by atoms with Crippen LogP contribution in [-0.2, 0) is 6.61 Å². The van der Waals surface area contributed by atoms with E-state index < -0.39 is 5.41 Å². The number of halogens is 1. The lowest BCUT2D eigenvalue weighted by molar-refractivity contribution is 0.132. The van der Waals surface area contributed by atoms with Gasteiger partial charge in [0.2, 0.25) is 0 Å². The molecular formula is C19H26ClNO3. The monoisotopic (exact) mass is 351 g/mol. The van der Waals surface area contributed by atoms with Crippen LogP contribution in [0.3, 0.4) is 0 Å². The van der Waals surface area contributed by atoms with Crippen molar-refractivity contribution in [3.63, 3.8) is 0 Å². The predicted octanol–water partition coefficient (Wildman–Crippen LogP) is 3.71. The average molecular weight is 352 g/mol. The second-order valence-corrected chi connectivity index (χ2v) is 6.31. The molecule has 0 saturated carbocycles. The van der Waals surface area contributed by atoms with Crippen molar-refractivity contribution in [1.82, 2.24) is 0 Å². The highest BCUT2D eigenvalue weighted by Crippen LogP contribution is 2.36. The highest BCUT2D eigenvalue weighted by Gasteiger charge is 2.27. The highest BCUT2D eigenvalue weighted by atomic mass is 35.5. The molecule has 0 saturated heterocycles. The first kappa shape index (κ1) is 20.3. The van der Waals surface area contributed by atoms with Crippen LogP contribution in [0.5, 0.6) is 11.5 Å². The molecule has 5 heteroatoms. The molecule has 0 aromatic heterocycles. The zero-order valence-corrected chi connectivity index (χ0v) is 15.2. The Labute approximate surface area is 150 Å². The lowest BCUT2D eigenvalue weighted by atomic mass is 9.82. The van der Waals surface area contributed by atoms with E-state index in [0.717, 1.165) is 11.1 Å². The van der Waals surface area contributed by atoms with Crippen molar-refractivity contribution in [3.05, 3.63) is 59.7 Å². The van der Waals surface area contributed by atoms with Crippen LogP contribution in [-0.4, -0.2) is 18.8 Å². The molecule has 0 amide bonds. The second-order valence-electron chi connectivity index (χ2n) is 6.31. The van der Waals surface area contributed by atoms with Gasteiger partial charge in [0.1, 0.15) is 6.61 Å². The summed E-state index contributed by atoms with van der Waals surface area (Å²) in [6.45, 7) is 4.35. The molecule has 2 rings (SSSR count). The molecular weight excluding hydrogens is 326 g/mol. The first-order valence-corrected chi connectivity index (χ1v) is 7.69. The molecule has 2 aromatic carbocycles. The Kier molecular flexibility index (Phi) is 7.55. The number of aliphatic hydroxyl groups is 1. The Balaban J connectivity index is 0.00000288. The van der Waals surface area contributed by atoms with Crippen LogP contribution in [0.4, 0.5) is 0 Å². The quantitative estimate of drug-likeness (QED) is 0.798. The van der Waals surface area contributed by atoms with Gasteiger partial charge in [-0.3, -0.25) is 0 Å². The van der Waals surface area contributed by atoms with E-state index in [1.165, 1.54) is 0 Å². The molecule has 0 aliphatic heterocycles. The summed E-state index contributed by atoms with van der Waals surface area (Å²) >= 11 is 0. The van der Waals surface area contributed by atoms with Crippen LogP contribution < -0.4 is 15.2 Å². The van der Waals surface area contributed by atoms with E-state index in [1.54, 1.807) is 7.11 Å². The summed E-state index contributed by atoms with van der Waals surface area (Å²) < 4.78 is 11.3. The normalized spacial score (nSPS) is 12.2. The smallest absolute Gasteiger partial charge is 0.161 e. The third-order valence-electron chi connectivity index (χ3n) is 4.03. The Morgan fingerprint density at radius 1 is 1.08 bits per heavy atom. The molecule has 0 radical (unpaired) electrons. The molecule has 0 spiro atoms. The van der Waals surface area contributed by atoms with Gasteiger partial charge in [-0.05, 0) is 23.3 Å². The fourth-order valence-electron chi connectivity index (χ4n) is 2.28. The summed E-state index contributed by atoms with van der Waals surface area (Å²) in [5.41, 5.74) is 7.88. The van der Waals surface area contributed by atoms with Crippen LogP contribution in [0.25, 0.3) is 0 Å². The Morgan fingerprint density at radius 3 is 2.33 bits per heavy atom. The molecule has 2 aromatic rings. The Morgan fingerprint density at radius 2 is 1.75 bits per heavy atom. The summed E-state index contributed by atoms with van der Waals surface area (Å²) in [6, 6.07) is 15.3. The SMILES string of the molecule is COc1ccc([C@H](N)C(C)(C)CO)cc1OCc1ccccc1.Cl. The topological polar surface area (TPSA) is 64.7 Å². The minimum atomic E-state index is -0.411. The average Bonchev–Trinajstić information content (AvgIpc) is 2.59. The van der Waals surface area contributed by atoms with E-state index in [4.69, 9.17) is 15.2 Å². The van der Waals surface area contributed by atoms with Crippen molar-refractivity contribution in [3.8, 4) is 11.5 Å². The van der Waals surface area contributed by atoms with Gasteiger partial charge in [-0.2, -0.15) is 0 Å². The first-order chi connectivity index (χ1) is 11.0. The maximum atomic E-state index is 9.51. The number of hydrogen-bond acceptors (Lipinski definition) is 4. The lowest BCUT2D eigenvalue weighted by Crippen LogP contribution is -2.32. The van der Waals surface area contributed by atoms with Crippen molar-refractivity contribution in [1.29, 1.82) is 0 Å². The van der Waals surface area contributed by atoms with Gasteiger partial charge in [-0.1, -0.05) is 50.2 Å². The van der Waals surface area contributed by atoms with Crippen molar-refractivity contribution in [2.24, 2.45) is 11.1 Å². The molecule has 0 bridgehead atoms. The van der Waals surface area contributed by atoms with Crippen LogP contribution in [0.15, 0.2) is 48.5 Å². The van der Waals surface area contributed by atoms with Crippen LogP contribution in [0.1, 0.15) is 31.0 Å². The van der Waals surface area contributed by atoms with E-state index in [-0.39, 0.29) is 25.1 Å². The molecule has 132 valence electrons. The van der Waals surface area contributed by atoms with E-state index in [2.05, 4.69) is 0 Å². The largest absolute Gasteiger partial charge is 0.493 e. The van der Waals surface area contributed by atoms with E-state index in [9.17, 15) is 5.11 Å². The fourth-order valence-corrected chi connectivity index (χ4v) is 2.28. The standard InChI is InChI=1S/C19H25NO3.ClH/c1-19(2,13-21)18(20)15-9-10-16(22-3)17(11-15)23-12-14-7-5-4-6-8-14;/h4-11,18,21H,12-13,20H2,1-3H3;1H/t18-;/m0./s1. The molecule has 0 heterocycles. The Bertz CT molecular complexity index is 632. The molecule has 0 aliphatic rings. The number of ether oxygens (including phenoxy) is 2. The Hall–Kier alpha value is -1.75. The molecule has 3 N–H and O–H groups in total. The van der Waals surface area contributed by atoms with Crippen molar-refractivity contribution in [2.45, 2.75) is 26.5 Å². The number of aliphatic hydroxyl groups excluding tert-OH is 1. The third-order valence-corrected chi connectivity index (χ3v) is 4.03. The number of rotatable bonds is 7. The summed E-state index contributed by atoms with van der Waals surface area (Å²) in [4.78, 5) is 0. The molecule has 1 atom stereocenters. The number of hydrogen-bond donors (Lipinski definition) is 2. The van der Waals surface area contributed by atoms with Crippen LogP contribution >= 0.6 is 12.4 Å². The number of methoxy groups -OCH3 is 1. The number of benzene rings is 2. The molecule has 0 unspecified atom stereocenters. The van der Waals surface area contributed by atoms with Gasteiger partial charge in [-0.25, -0.2) is 0 Å². The molecule has 24 heavy (non-hydrogen) atoms. The molecule has 0 fully saturated rings. The molecule has 0 aliphatic carbocycles. The summed E-state index contributed by atoms with van der Waals surface area (Å²) in [5, 5.41) is 9.51. The summed E-state index contributed by atoms with van der Waals surface area (Å²) in [5.74, 6) is 1.32. The van der Waals surface area contributed by atoms with Gasteiger partial charge in [0, 0.05) is 18.1 Å².